The lowest BCUT2D eigenvalue weighted by Gasteiger charge is -2.26. The number of ketones is 1. The van der Waals surface area contributed by atoms with Gasteiger partial charge in [-0.1, -0.05) is 59.1 Å². The van der Waals surface area contributed by atoms with Crippen LogP contribution in [-0.4, -0.2) is 42.3 Å². The molecule has 1 heterocycles. The minimum absolute atomic E-state index is 0.0158. The van der Waals surface area contributed by atoms with Gasteiger partial charge >= 0.3 is 0 Å². The van der Waals surface area contributed by atoms with Crippen LogP contribution in [-0.2, 0) is 16.0 Å². The molecule has 5 nitrogen and oxygen atoms in total. The van der Waals surface area contributed by atoms with E-state index in [0.29, 0.717) is 27.6 Å². The molecule has 1 aliphatic heterocycles. The van der Waals surface area contributed by atoms with Crippen molar-refractivity contribution >= 4 is 57.9 Å². The van der Waals surface area contributed by atoms with E-state index in [2.05, 4.69) is 0 Å². The lowest BCUT2D eigenvalue weighted by molar-refractivity contribution is -0.139. The fourth-order valence-corrected chi connectivity index (χ4v) is 4.54. The van der Waals surface area contributed by atoms with Gasteiger partial charge < -0.3 is 14.9 Å². The zero-order valence-electron chi connectivity index (χ0n) is 19.1. The Bertz CT molecular complexity index is 1300. The summed E-state index contributed by atoms with van der Waals surface area (Å²) in [5, 5.41) is 12.4. The van der Waals surface area contributed by atoms with Gasteiger partial charge in [-0.15, -0.1) is 0 Å². The van der Waals surface area contributed by atoms with E-state index in [9.17, 15) is 14.7 Å². The van der Waals surface area contributed by atoms with Crippen LogP contribution in [0.5, 0.6) is 0 Å². The van der Waals surface area contributed by atoms with Crippen LogP contribution in [0.4, 0.5) is 5.69 Å². The van der Waals surface area contributed by atoms with E-state index in [4.69, 9.17) is 34.8 Å². The first-order chi connectivity index (χ1) is 16.7. The molecule has 0 aromatic heterocycles. The SMILES string of the molecule is CN(C)c1ccc(C2/C(=C(/O)c3ccc(Cl)c(Cl)c3)C(=O)C(=O)N2CCc2ccc(Cl)cc2)cc1. The maximum Gasteiger partial charge on any atom is 0.295 e. The fraction of sp³-hybridized carbons (Fsp3) is 0.185. The standard InChI is InChI=1S/C27H23Cl3N2O3/c1-31(2)20-10-5-17(6-11-20)24-23(25(33)18-7-12-21(29)22(30)15-18)26(34)27(35)32(24)14-13-16-3-8-19(28)9-4-16/h3-12,15,24,33H,13-14H2,1-2H3/b25-23-. The molecule has 1 saturated heterocycles. The Kier molecular flexibility index (Phi) is 7.41. The smallest absolute Gasteiger partial charge is 0.295 e. The average molecular weight is 530 g/mol. The van der Waals surface area contributed by atoms with Crippen molar-refractivity contribution in [2.45, 2.75) is 12.5 Å². The van der Waals surface area contributed by atoms with Gasteiger partial charge in [0.05, 0.1) is 21.7 Å². The van der Waals surface area contributed by atoms with Crippen molar-refractivity contribution in [1.82, 2.24) is 4.90 Å². The highest BCUT2D eigenvalue weighted by Crippen LogP contribution is 2.40. The van der Waals surface area contributed by atoms with Gasteiger partial charge in [-0.2, -0.15) is 0 Å². The number of carbonyl (C=O) groups is 2. The Morgan fingerprint density at radius 3 is 2.17 bits per heavy atom. The van der Waals surface area contributed by atoms with Gasteiger partial charge in [0.25, 0.3) is 11.7 Å². The molecule has 0 radical (unpaired) electrons. The molecule has 3 aromatic carbocycles. The molecule has 1 aliphatic rings. The summed E-state index contributed by atoms with van der Waals surface area (Å²) in [5.41, 5.74) is 2.98. The predicted molar refractivity (Wildman–Crippen MR) is 141 cm³/mol. The predicted octanol–water partition coefficient (Wildman–Crippen LogP) is 6.38. The van der Waals surface area contributed by atoms with Crippen molar-refractivity contribution in [1.29, 1.82) is 0 Å². The van der Waals surface area contributed by atoms with Gasteiger partial charge in [-0.3, -0.25) is 9.59 Å². The van der Waals surface area contributed by atoms with Crippen LogP contribution in [0.25, 0.3) is 5.76 Å². The number of aliphatic hydroxyl groups is 1. The average Bonchev–Trinajstić information content (AvgIpc) is 3.10. The Balaban J connectivity index is 1.78. The van der Waals surface area contributed by atoms with Gasteiger partial charge in [-0.05, 0) is 60.0 Å². The van der Waals surface area contributed by atoms with E-state index >= 15 is 0 Å². The third-order valence-corrected chi connectivity index (χ3v) is 7.00. The molecule has 1 fully saturated rings. The van der Waals surface area contributed by atoms with E-state index < -0.39 is 17.7 Å². The first-order valence-corrected chi connectivity index (χ1v) is 12.1. The fourth-order valence-electron chi connectivity index (χ4n) is 4.11. The van der Waals surface area contributed by atoms with Crippen molar-refractivity contribution in [2.24, 2.45) is 0 Å². The summed E-state index contributed by atoms with van der Waals surface area (Å²) in [6.07, 6.45) is 0.517. The van der Waals surface area contributed by atoms with Crippen LogP contribution in [0, 0.1) is 0 Å². The maximum atomic E-state index is 13.2. The number of benzene rings is 3. The number of hydrogen-bond acceptors (Lipinski definition) is 4. The highest BCUT2D eigenvalue weighted by molar-refractivity contribution is 6.47. The molecule has 8 heteroatoms. The number of halogens is 3. The first-order valence-electron chi connectivity index (χ1n) is 10.9. The van der Waals surface area contributed by atoms with Crippen molar-refractivity contribution in [3.05, 3.63) is 104 Å². The second-order valence-electron chi connectivity index (χ2n) is 8.48. The molecule has 180 valence electrons. The monoisotopic (exact) mass is 528 g/mol. The molecule has 35 heavy (non-hydrogen) atoms. The van der Waals surface area contributed by atoms with Crippen molar-refractivity contribution in [3.63, 3.8) is 0 Å². The van der Waals surface area contributed by atoms with Crippen LogP contribution in [0.3, 0.4) is 0 Å². The second kappa shape index (κ2) is 10.3. The number of hydrogen-bond donors (Lipinski definition) is 1. The lowest BCUT2D eigenvalue weighted by atomic mass is 9.95. The summed E-state index contributed by atoms with van der Waals surface area (Å²) >= 11 is 18.2. The third kappa shape index (κ3) is 5.18. The van der Waals surface area contributed by atoms with Crippen LogP contribution in [0.2, 0.25) is 15.1 Å². The number of Topliss-reactive ketones (excluding diaryl/α,β-unsaturated/α-hetero) is 1. The van der Waals surface area contributed by atoms with Crippen molar-refractivity contribution < 1.29 is 14.7 Å². The summed E-state index contributed by atoms with van der Waals surface area (Å²) in [4.78, 5) is 29.8. The normalized spacial score (nSPS) is 17.2. The summed E-state index contributed by atoms with van der Waals surface area (Å²) in [6.45, 7) is 0.282. The van der Waals surface area contributed by atoms with Crippen molar-refractivity contribution in [3.8, 4) is 0 Å². The molecule has 0 aliphatic carbocycles. The number of rotatable bonds is 6. The topological polar surface area (TPSA) is 60.9 Å². The minimum atomic E-state index is -0.757. The summed E-state index contributed by atoms with van der Waals surface area (Å²) in [5.74, 6) is -1.70. The quantitative estimate of drug-likeness (QED) is 0.229. The number of anilines is 1. The number of carbonyl (C=O) groups excluding carboxylic acids is 2. The number of nitrogens with zero attached hydrogens (tertiary/aromatic N) is 2. The van der Waals surface area contributed by atoms with E-state index in [1.807, 2.05) is 55.4 Å². The zero-order chi connectivity index (χ0) is 25.3. The van der Waals surface area contributed by atoms with Crippen LogP contribution >= 0.6 is 34.8 Å². The van der Waals surface area contributed by atoms with E-state index in [0.717, 1.165) is 11.3 Å². The molecule has 0 spiro atoms. The highest BCUT2D eigenvalue weighted by atomic mass is 35.5. The molecule has 0 saturated carbocycles. The Morgan fingerprint density at radius 2 is 1.57 bits per heavy atom. The number of aliphatic hydroxyl groups excluding tert-OH is 1. The number of amides is 1. The Morgan fingerprint density at radius 1 is 0.914 bits per heavy atom. The Hall–Kier alpha value is -2.99. The molecular formula is C27H23Cl3N2O3. The minimum Gasteiger partial charge on any atom is -0.507 e. The highest BCUT2D eigenvalue weighted by Gasteiger charge is 2.45. The van der Waals surface area contributed by atoms with Gasteiger partial charge in [0, 0.05) is 36.9 Å². The summed E-state index contributed by atoms with van der Waals surface area (Å²) < 4.78 is 0. The molecule has 1 N–H and O–H groups in total. The summed E-state index contributed by atoms with van der Waals surface area (Å²) in [7, 11) is 3.86. The van der Waals surface area contributed by atoms with Gasteiger partial charge in [0.2, 0.25) is 0 Å². The van der Waals surface area contributed by atoms with Crippen molar-refractivity contribution in [2.75, 3.05) is 25.5 Å². The Labute approximate surface area is 219 Å². The molecule has 4 rings (SSSR count). The van der Waals surface area contributed by atoms with Crippen LogP contribution in [0.15, 0.2) is 72.3 Å². The van der Waals surface area contributed by atoms with Gasteiger partial charge in [0.1, 0.15) is 5.76 Å². The van der Waals surface area contributed by atoms with E-state index in [-0.39, 0.29) is 22.9 Å². The summed E-state index contributed by atoms with van der Waals surface area (Å²) in [6, 6.07) is 18.7. The van der Waals surface area contributed by atoms with Crippen LogP contribution < -0.4 is 4.90 Å². The third-order valence-electron chi connectivity index (χ3n) is 6.01. The first kappa shape index (κ1) is 25.1. The molecule has 1 atom stereocenters. The molecule has 1 unspecified atom stereocenters. The second-order valence-corrected chi connectivity index (χ2v) is 9.73. The molecule has 1 amide bonds. The van der Waals surface area contributed by atoms with E-state index in [1.165, 1.54) is 17.0 Å². The van der Waals surface area contributed by atoms with E-state index in [1.54, 1.807) is 18.2 Å². The maximum absolute atomic E-state index is 13.2. The largest absolute Gasteiger partial charge is 0.507 e. The molecular weight excluding hydrogens is 507 g/mol. The van der Waals surface area contributed by atoms with Gasteiger partial charge in [-0.25, -0.2) is 0 Å². The van der Waals surface area contributed by atoms with Crippen LogP contribution in [0.1, 0.15) is 22.7 Å². The molecule has 0 bridgehead atoms. The number of likely N-dealkylation sites (tertiary alicyclic amines) is 1. The zero-order valence-corrected chi connectivity index (χ0v) is 21.4. The lowest BCUT2D eigenvalue weighted by Crippen LogP contribution is -2.31. The molecule has 3 aromatic rings. The van der Waals surface area contributed by atoms with Gasteiger partial charge in [0.15, 0.2) is 0 Å².